The molecule has 0 spiro atoms. The molecule has 22 heavy (non-hydrogen) atoms. The fourth-order valence-corrected chi connectivity index (χ4v) is 2.61. The second-order valence-electron chi connectivity index (χ2n) is 4.59. The van der Waals surface area contributed by atoms with E-state index in [9.17, 15) is 4.79 Å². The van der Waals surface area contributed by atoms with E-state index < -0.39 is 0 Å². The molecule has 0 radical (unpaired) electrons. The molecule has 0 saturated carbocycles. The highest BCUT2D eigenvalue weighted by Gasteiger charge is 2.16. The van der Waals surface area contributed by atoms with Crippen LogP contribution in [0.1, 0.15) is 12.7 Å². The van der Waals surface area contributed by atoms with Crippen LogP contribution in [0.2, 0.25) is 0 Å². The van der Waals surface area contributed by atoms with E-state index in [1.165, 1.54) is 11.8 Å². The van der Waals surface area contributed by atoms with Crippen molar-refractivity contribution in [2.45, 2.75) is 17.9 Å². The van der Waals surface area contributed by atoms with Crippen molar-refractivity contribution < 1.29 is 18.7 Å². The molecule has 0 bridgehead atoms. The van der Waals surface area contributed by atoms with Crippen LogP contribution < -0.4 is 14.8 Å². The molecule has 1 aromatic heterocycles. The minimum absolute atomic E-state index is 0.0943. The van der Waals surface area contributed by atoms with E-state index in [1.807, 2.05) is 19.1 Å². The summed E-state index contributed by atoms with van der Waals surface area (Å²) in [6.45, 7) is 1.86. The molecule has 1 unspecified atom stereocenters. The van der Waals surface area contributed by atoms with Gasteiger partial charge in [0, 0.05) is 6.07 Å². The van der Waals surface area contributed by atoms with Crippen LogP contribution in [-0.2, 0) is 10.5 Å². The number of methoxy groups -OCH3 is 2. The van der Waals surface area contributed by atoms with Gasteiger partial charge in [-0.25, -0.2) is 0 Å². The van der Waals surface area contributed by atoms with E-state index >= 15 is 0 Å². The Kier molecular flexibility index (Phi) is 5.77. The summed E-state index contributed by atoms with van der Waals surface area (Å²) in [4.78, 5) is 12.3. The van der Waals surface area contributed by atoms with E-state index in [2.05, 4.69) is 5.32 Å². The number of rotatable bonds is 7. The number of carbonyl (C=O) groups excluding carboxylic acids is 1. The Morgan fingerprint density at radius 1 is 1.32 bits per heavy atom. The summed E-state index contributed by atoms with van der Waals surface area (Å²) in [6.07, 6.45) is 1.63. The molecular formula is C16H19NO4S. The quantitative estimate of drug-likeness (QED) is 0.845. The van der Waals surface area contributed by atoms with Gasteiger partial charge in [0.2, 0.25) is 5.91 Å². The molecule has 0 aliphatic rings. The molecule has 1 aromatic carbocycles. The van der Waals surface area contributed by atoms with Crippen LogP contribution in [-0.4, -0.2) is 25.4 Å². The van der Waals surface area contributed by atoms with Crippen molar-refractivity contribution in [2.24, 2.45) is 0 Å². The van der Waals surface area contributed by atoms with Gasteiger partial charge in [-0.15, -0.1) is 11.8 Å². The minimum atomic E-state index is -0.221. The Hall–Kier alpha value is -2.08. The number of amides is 1. The van der Waals surface area contributed by atoms with Crippen LogP contribution in [0.5, 0.6) is 11.5 Å². The number of carbonyl (C=O) groups is 1. The maximum atomic E-state index is 12.3. The lowest BCUT2D eigenvalue weighted by atomic mass is 10.2. The predicted molar refractivity (Wildman–Crippen MR) is 87.6 cm³/mol. The number of hydrogen-bond donors (Lipinski definition) is 1. The maximum Gasteiger partial charge on any atom is 0.237 e. The summed E-state index contributed by atoms with van der Waals surface area (Å²) in [5, 5.41) is 2.65. The molecule has 0 aliphatic heterocycles. The van der Waals surface area contributed by atoms with Gasteiger partial charge in [-0.1, -0.05) is 0 Å². The standard InChI is InChI=1S/C16H19NO4S/c1-11(22-10-13-5-4-8-21-13)16(18)17-14-9-12(19-2)6-7-15(14)20-3/h4-9,11H,10H2,1-3H3,(H,17,18). The number of ether oxygens (including phenoxy) is 2. The van der Waals surface area contributed by atoms with E-state index in [0.717, 1.165) is 5.76 Å². The minimum Gasteiger partial charge on any atom is -0.497 e. The normalized spacial score (nSPS) is 11.8. The molecule has 1 amide bonds. The first kappa shape index (κ1) is 16.3. The van der Waals surface area contributed by atoms with Crippen LogP contribution in [0.15, 0.2) is 41.0 Å². The van der Waals surface area contributed by atoms with Crippen molar-refractivity contribution >= 4 is 23.4 Å². The van der Waals surface area contributed by atoms with E-state index in [0.29, 0.717) is 22.9 Å². The number of thioether (sulfide) groups is 1. The van der Waals surface area contributed by atoms with E-state index in [1.54, 1.807) is 38.7 Å². The molecule has 2 aromatic rings. The zero-order valence-electron chi connectivity index (χ0n) is 12.8. The average Bonchev–Trinajstić information content (AvgIpc) is 3.05. The molecule has 1 heterocycles. The summed E-state index contributed by atoms with van der Waals surface area (Å²) < 4.78 is 15.7. The fraction of sp³-hybridized carbons (Fsp3) is 0.312. The van der Waals surface area contributed by atoms with Gasteiger partial charge in [-0.2, -0.15) is 0 Å². The SMILES string of the molecule is COc1ccc(OC)c(NC(=O)C(C)SCc2ccco2)c1. The van der Waals surface area contributed by atoms with Crippen molar-refractivity contribution in [3.8, 4) is 11.5 Å². The Labute approximate surface area is 134 Å². The van der Waals surface area contributed by atoms with Crippen LogP contribution >= 0.6 is 11.8 Å². The Balaban J connectivity index is 1.98. The number of nitrogens with one attached hydrogen (secondary N) is 1. The average molecular weight is 321 g/mol. The molecular weight excluding hydrogens is 302 g/mol. The first-order chi connectivity index (χ1) is 10.6. The van der Waals surface area contributed by atoms with Crippen LogP contribution in [0, 0.1) is 0 Å². The first-order valence-corrected chi connectivity index (χ1v) is 7.85. The smallest absolute Gasteiger partial charge is 0.237 e. The first-order valence-electron chi connectivity index (χ1n) is 6.81. The summed E-state index contributed by atoms with van der Waals surface area (Å²) in [7, 11) is 3.14. The zero-order chi connectivity index (χ0) is 15.9. The van der Waals surface area contributed by atoms with E-state index in [-0.39, 0.29) is 11.2 Å². The van der Waals surface area contributed by atoms with Crippen LogP contribution in [0.25, 0.3) is 0 Å². The Morgan fingerprint density at radius 2 is 2.14 bits per heavy atom. The number of anilines is 1. The molecule has 1 atom stereocenters. The lowest BCUT2D eigenvalue weighted by molar-refractivity contribution is -0.115. The summed E-state index contributed by atoms with van der Waals surface area (Å²) in [5.74, 6) is 2.66. The third-order valence-corrected chi connectivity index (χ3v) is 4.25. The zero-order valence-corrected chi connectivity index (χ0v) is 13.6. The van der Waals surface area contributed by atoms with Crippen molar-refractivity contribution in [1.82, 2.24) is 0 Å². The molecule has 0 aliphatic carbocycles. The summed E-state index contributed by atoms with van der Waals surface area (Å²) in [5.41, 5.74) is 0.595. The Morgan fingerprint density at radius 3 is 2.77 bits per heavy atom. The fourth-order valence-electron chi connectivity index (χ4n) is 1.82. The second kappa shape index (κ2) is 7.79. The van der Waals surface area contributed by atoms with Gasteiger partial charge in [-0.3, -0.25) is 4.79 Å². The van der Waals surface area contributed by atoms with Crippen molar-refractivity contribution in [3.63, 3.8) is 0 Å². The third-order valence-electron chi connectivity index (χ3n) is 3.09. The van der Waals surface area contributed by atoms with Gasteiger partial charge in [-0.05, 0) is 31.2 Å². The number of hydrogen-bond acceptors (Lipinski definition) is 5. The molecule has 0 fully saturated rings. The Bertz CT molecular complexity index is 613. The van der Waals surface area contributed by atoms with Crippen LogP contribution in [0.4, 0.5) is 5.69 Å². The van der Waals surface area contributed by atoms with Gasteiger partial charge in [0.15, 0.2) is 0 Å². The maximum absolute atomic E-state index is 12.3. The van der Waals surface area contributed by atoms with Gasteiger partial charge in [0.05, 0.1) is 37.2 Å². The van der Waals surface area contributed by atoms with Crippen molar-refractivity contribution in [3.05, 3.63) is 42.4 Å². The summed E-state index contributed by atoms with van der Waals surface area (Å²) >= 11 is 1.51. The van der Waals surface area contributed by atoms with Gasteiger partial charge >= 0.3 is 0 Å². The van der Waals surface area contributed by atoms with Crippen LogP contribution in [0.3, 0.4) is 0 Å². The highest BCUT2D eigenvalue weighted by Crippen LogP contribution is 2.29. The molecule has 2 rings (SSSR count). The topological polar surface area (TPSA) is 60.7 Å². The lowest BCUT2D eigenvalue weighted by Crippen LogP contribution is -2.22. The van der Waals surface area contributed by atoms with Crippen molar-refractivity contribution in [2.75, 3.05) is 19.5 Å². The molecule has 6 heteroatoms. The predicted octanol–water partition coefficient (Wildman–Crippen LogP) is 3.56. The molecule has 0 saturated heterocycles. The molecule has 5 nitrogen and oxygen atoms in total. The van der Waals surface area contributed by atoms with Crippen molar-refractivity contribution in [1.29, 1.82) is 0 Å². The number of benzene rings is 1. The lowest BCUT2D eigenvalue weighted by Gasteiger charge is -2.14. The highest BCUT2D eigenvalue weighted by atomic mass is 32.2. The monoisotopic (exact) mass is 321 g/mol. The highest BCUT2D eigenvalue weighted by molar-refractivity contribution is 7.99. The second-order valence-corrected chi connectivity index (χ2v) is 5.92. The number of furan rings is 1. The van der Waals surface area contributed by atoms with Gasteiger partial charge in [0.25, 0.3) is 0 Å². The van der Waals surface area contributed by atoms with Gasteiger partial charge in [0.1, 0.15) is 17.3 Å². The van der Waals surface area contributed by atoms with E-state index in [4.69, 9.17) is 13.9 Å². The molecule has 118 valence electrons. The molecule has 1 N–H and O–H groups in total. The van der Waals surface area contributed by atoms with Gasteiger partial charge < -0.3 is 19.2 Å². The largest absolute Gasteiger partial charge is 0.497 e. The summed E-state index contributed by atoms with van der Waals surface area (Å²) in [6, 6.07) is 9.00. The third kappa shape index (κ3) is 4.21.